The quantitative estimate of drug-likeness (QED) is 0.914. The van der Waals surface area contributed by atoms with E-state index in [9.17, 15) is 0 Å². The summed E-state index contributed by atoms with van der Waals surface area (Å²) in [7, 11) is 0. The molecule has 19 heavy (non-hydrogen) atoms. The van der Waals surface area contributed by atoms with E-state index in [1.165, 1.54) is 18.5 Å². The number of nitrogens with zero attached hydrogens (tertiary/aromatic N) is 3. The summed E-state index contributed by atoms with van der Waals surface area (Å²) in [5.74, 6) is 1.15. The van der Waals surface area contributed by atoms with Gasteiger partial charge in [0.15, 0.2) is 5.82 Å². The van der Waals surface area contributed by atoms with Crippen LogP contribution in [0.3, 0.4) is 0 Å². The van der Waals surface area contributed by atoms with E-state index >= 15 is 0 Å². The smallest absolute Gasteiger partial charge is 0.151 e. The van der Waals surface area contributed by atoms with Gasteiger partial charge in [0.05, 0.1) is 5.69 Å². The van der Waals surface area contributed by atoms with Crippen LogP contribution in [0.15, 0.2) is 24.4 Å². The van der Waals surface area contributed by atoms with E-state index in [1.54, 1.807) is 0 Å². The predicted molar refractivity (Wildman–Crippen MR) is 78.6 cm³/mol. The maximum atomic E-state index is 6.16. The van der Waals surface area contributed by atoms with Gasteiger partial charge in [-0.2, -0.15) is 0 Å². The number of pyridine rings is 1. The topological polar surface area (TPSA) is 46.6 Å². The number of nitrogens with two attached hydrogens (primary N) is 1. The Labute approximate surface area is 114 Å². The minimum atomic E-state index is 0.210. The van der Waals surface area contributed by atoms with Crippen LogP contribution in [0.2, 0.25) is 0 Å². The summed E-state index contributed by atoms with van der Waals surface area (Å²) in [5.41, 5.74) is 8.46. The first-order valence-corrected chi connectivity index (χ1v) is 7.26. The number of hydrogen-bond donors (Lipinski definition) is 1. The molecule has 2 aromatic heterocycles. The van der Waals surface area contributed by atoms with Gasteiger partial charge in [-0.1, -0.05) is 13.0 Å². The molecule has 1 atom stereocenters. The molecule has 1 aliphatic rings. The van der Waals surface area contributed by atoms with Gasteiger partial charge < -0.3 is 15.0 Å². The molecular formula is C15H22N4. The molecule has 0 aromatic carbocycles. The van der Waals surface area contributed by atoms with Gasteiger partial charge in [-0.05, 0) is 31.4 Å². The first-order chi connectivity index (χ1) is 9.29. The summed E-state index contributed by atoms with van der Waals surface area (Å²) < 4.78 is 2.20. The molecule has 2 aromatic rings. The predicted octanol–water partition coefficient (Wildman–Crippen LogP) is 2.21. The van der Waals surface area contributed by atoms with Crippen LogP contribution in [0, 0.1) is 0 Å². The van der Waals surface area contributed by atoms with Crippen molar-refractivity contribution in [3.8, 4) is 0 Å². The van der Waals surface area contributed by atoms with Crippen molar-refractivity contribution >= 4 is 11.5 Å². The average Bonchev–Trinajstić information content (AvgIpc) is 3.06. The van der Waals surface area contributed by atoms with Gasteiger partial charge in [0, 0.05) is 31.7 Å². The number of anilines is 1. The van der Waals surface area contributed by atoms with Crippen molar-refractivity contribution in [1.82, 2.24) is 9.38 Å². The van der Waals surface area contributed by atoms with E-state index in [-0.39, 0.29) is 6.04 Å². The summed E-state index contributed by atoms with van der Waals surface area (Å²) in [4.78, 5) is 7.22. The number of hydrogen-bond acceptors (Lipinski definition) is 3. The van der Waals surface area contributed by atoms with Crippen LogP contribution in [-0.4, -0.2) is 28.5 Å². The number of fused-ring (bicyclic) bond motifs is 1. The number of rotatable bonds is 4. The zero-order valence-corrected chi connectivity index (χ0v) is 11.5. The molecule has 3 heterocycles. The summed E-state index contributed by atoms with van der Waals surface area (Å²) in [6, 6.07) is 6.38. The van der Waals surface area contributed by atoms with Crippen molar-refractivity contribution in [3.05, 3.63) is 30.1 Å². The second-order valence-electron chi connectivity index (χ2n) is 5.38. The SMILES string of the molecule is CCC(N)Cc1c(N2CCCC2)nc2ccccn12. The Kier molecular flexibility index (Phi) is 3.42. The van der Waals surface area contributed by atoms with Crippen LogP contribution in [0.4, 0.5) is 5.82 Å². The highest BCUT2D eigenvalue weighted by Crippen LogP contribution is 2.26. The highest BCUT2D eigenvalue weighted by atomic mass is 15.2. The molecule has 4 heteroatoms. The van der Waals surface area contributed by atoms with Gasteiger partial charge >= 0.3 is 0 Å². The van der Waals surface area contributed by atoms with E-state index in [0.717, 1.165) is 37.4 Å². The Bertz CT molecular complexity index is 554. The molecule has 1 fully saturated rings. The molecule has 102 valence electrons. The Hall–Kier alpha value is -1.55. The summed E-state index contributed by atoms with van der Waals surface area (Å²) >= 11 is 0. The van der Waals surface area contributed by atoms with Crippen LogP contribution >= 0.6 is 0 Å². The summed E-state index contributed by atoms with van der Waals surface area (Å²) in [6.07, 6.45) is 6.53. The lowest BCUT2D eigenvalue weighted by atomic mass is 10.1. The molecule has 2 N–H and O–H groups in total. The van der Waals surface area contributed by atoms with Gasteiger partial charge in [-0.15, -0.1) is 0 Å². The molecule has 0 aliphatic carbocycles. The van der Waals surface area contributed by atoms with Crippen molar-refractivity contribution in [2.75, 3.05) is 18.0 Å². The fraction of sp³-hybridized carbons (Fsp3) is 0.533. The lowest BCUT2D eigenvalue weighted by Gasteiger charge is -2.18. The largest absolute Gasteiger partial charge is 0.355 e. The standard InChI is InChI=1S/C15H22N4/c1-2-12(16)11-13-15(18-8-5-6-9-18)17-14-7-3-4-10-19(13)14/h3-4,7,10,12H,2,5-6,8-9,11,16H2,1H3. The molecule has 1 aliphatic heterocycles. The third kappa shape index (κ3) is 2.32. The molecule has 1 unspecified atom stereocenters. The molecular weight excluding hydrogens is 236 g/mol. The average molecular weight is 258 g/mol. The zero-order chi connectivity index (χ0) is 13.2. The van der Waals surface area contributed by atoms with E-state index in [4.69, 9.17) is 10.7 Å². The minimum Gasteiger partial charge on any atom is -0.355 e. The normalized spacial score (nSPS) is 17.3. The molecule has 0 saturated carbocycles. The molecule has 0 amide bonds. The second-order valence-corrected chi connectivity index (χ2v) is 5.38. The van der Waals surface area contributed by atoms with E-state index in [0.29, 0.717) is 0 Å². The third-order valence-corrected chi connectivity index (χ3v) is 3.99. The van der Waals surface area contributed by atoms with Crippen LogP contribution in [0.25, 0.3) is 5.65 Å². The Balaban J connectivity index is 2.05. The van der Waals surface area contributed by atoms with Gasteiger partial charge in [0.1, 0.15) is 5.65 Å². The van der Waals surface area contributed by atoms with Gasteiger partial charge in [-0.3, -0.25) is 0 Å². The highest BCUT2D eigenvalue weighted by Gasteiger charge is 2.21. The number of aromatic nitrogens is 2. The first-order valence-electron chi connectivity index (χ1n) is 7.26. The first kappa shape index (κ1) is 12.5. The second kappa shape index (κ2) is 5.21. The van der Waals surface area contributed by atoms with Crippen LogP contribution in [0.1, 0.15) is 31.9 Å². The van der Waals surface area contributed by atoms with E-state index in [1.807, 2.05) is 6.07 Å². The molecule has 3 rings (SSSR count). The summed E-state index contributed by atoms with van der Waals surface area (Å²) in [5, 5.41) is 0. The van der Waals surface area contributed by atoms with Crippen molar-refractivity contribution < 1.29 is 0 Å². The van der Waals surface area contributed by atoms with E-state index in [2.05, 4.69) is 34.6 Å². The Morgan fingerprint density at radius 1 is 1.32 bits per heavy atom. The summed E-state index contributed by atoms with van der Waals surface area (Å²) in [6.45, 7) is 4.39. The van der Waals surface area contributed by atoms with Gasteiger partial charge in [0.2, 0.25) is 0 Å². The Morgan fingerprint density at radius 3 is 2.84 bits per heavy atom. The minimum absolute atomic E-state index is 0.210. The maximum absolute atomic E-state index is 6.16. The van der Waals surface area contributed by atoms with Crippen molar-refractivity contribution in [3.63, 3.8) is 0 Å². The molecule has 0 radical (unpaired) electrons. The molecule has 0 bridgehead atoms. The van der Waals surface area contributed by atoms with Gasteiger partial charge in [0.25, 0.3) is 0 Å². The van der Waals surface area contributed by atoms with Crippen molar-refractivity contribution in [2.45, 2.75) is 38.6 Å². The molecule has 0 spiro atoms. The maximum Gasteiger partial charge on any atom is 0.151 e. The monoisotopic (exact) mass is 258 g/mol. The molecule has 4 nitrogen and oxygen atoms in total. The van der Waals surface area contributed by atoms with Gasteiger partial charge in [-0.25, -0.2) is 4.98 Å². The van der Waals surface area contributed by atoms with Crippen molar-refractivity contribution in [2.24, 2.45) is 5.73 Å². The van der Waals surface area contributed by atoms with E-state index < -0.39 is 0 Å². The molecule has 1 saturated heterocycles. The third-order valence-electron chi connectivity index (χ3n) is 3.99. The Morgan fingerprint density at radius 2 is 2.11 bits per heavy atom. The fourth-order valence-corrected chi connectivity index (χ4v) is 2.80. The van der Waals surface area contributed by atoms with Crippen LogP contribution in [0.5, 0.6) is 0 Å². The van der Waals surface area contributed by atoms with Crippen molar-refractivity contribution in [1.29, 1.82) is 0 Å². The van der Waals surface area contributed by atoms with Crippen LogP contribution < -0.4 is 10.6 Å². The number of imidazole rings is 1. The zero-order valence-electron chi connectivity index (χ0n) is 11.5. The lowest BCUT2D eigenvalue weighted by molar-refractivity contribution is 0.633. The highest BCUT2D eigenvalue weighted by molar-refractivity contribution is 5.56. The fourth-order valence-electron chi connectivity index (χ4n) is 2.80. The van der Waals surface area contributed by atoms with Crippen LogP contribution in [-0.2, 0) is 6.42 Å². The lowest BCUT2D eigenvalue weighted by Crippen LogP contribution is -2.25.